The summed E-state index contributed by atoms with van der Waals surface area (Å²) in [4.78, 5) is 4.37. The molecule has 0 radical (unpaired) electrons. The van der Waals surface area contributed by atoms with Gasteiger partial charge in [0.05, 0.1) is 17.9 Å². The minimum atomic E-state index is -0.0273. The number of hydrogen-bond acceptors (Lipinski definition) is 4. The lowest BCUT2D eigenvalue weighted by atomic mass is 10.1. The fourth-order valence-electron chi connectivity index (χ4n) is 1.99. The molecule has 0 unspecified atom stereocenters. The number of rotatable bonds is 7. The van der Waals surface area contributed by atoms with Crippen molar-refractivity contribution in [2.75, 3.05) is 38.6 Å². The molecule has 104 valence electrons. The van der Waals surface area contributed by atoms with Crippen molar-refractivity contribution in [2.24, 2.45) is 0 Å². The number of aliphatic hydroxyl groups excluding tert-OH is 1. The Hall–Kier alpha value is -1.57. The Morgan fingerprint density at radius 1 is 1.21 bits per heavy atom. The molecule has 1 N–H and O–H groups in total. The maximum atomic E-state index is 9.26. The zero-order valence-electron chi connectivity index (χ0n) is 12.1. The highest BCUT2D eigenvalue weighted by Crippen LogP contribution is 2.22. The molecule has 0 heterocycles. The largest absolute Gasteiger partial charge is 0.392 e. The topological polar surface area (TPSA) is 50.5 Å². The number of nitriles is 1. The first-order valence-corrected chi connectivity index (χ1v) is 6.66. The molecule has 1 aromatic carbocycles. The predicted octanol–water partition coefficient (Wildman–Crippen LogP) is 1.83. The van der Waals surface area contributed by atoms with Crippen LogP contribution in [0.1, 0.15) is 24.5 Å². The first kappa shape index (κ1) is 15.5. The first-order valence-electron chi connectivity index (χ1n) is 6.66. The van der Waals surface area contributed by atoms with E-state index in [0.717, 1.165) is 37.3 Å². The molecule has 0 aliphatic heterocycles. The lowest BCUT2D eigenvalue weighted by molar-refractivity contribution is 0.282. The van der Waals surface area contributed by atoms with Gasteiger partial charge in [-0.05, 0) is 38.2 Å². The average molecular weight is 261 g/mol. The van der Waals surface area contributed by atoms with Gasteiger partial charge in [0, 0.05) is 19.6 Å². The minimum absolute atomic E-state index is 0.0273. The first-order chi connectivity index (χ1) is 9.12. The van der Waals surface area contributed by atoms with Crippen molar-refractivity contribution in [1.82, 2.24) is 4.90 Å². The molecule has 4 heteroatoms. The summed E-state index contributed by atoms with van der Waals surface area (Å²) in [6, 6.07) is 7.83. The summed E-state index contributed by atoms with van der Waals surface area (Å²) in [5.41, 5.74) is 2.38. The lowest BCUT2D eigenvalue weighted by Crippen LogP contribution is -2.32. The van der Waals surface area contributed by atoms with Crippen molar-refractivity contribution in [3.63, 3.8) is 0 Å². The van der Waals surface area contributed by atoms with Crippen LogP contribution in [-0.2, 0) is 6.61 Å². The number of nitrogens with zero attached hydrogens (tertiary/aromatic N) is 3. The Morgan fingerprint density at radius 3 is 2.47 bits per heavy atom. The van der Waals surface area contributed by atoms with Crippen molar-refractivity contribution >= 4 is 5.69 Å². The van der Waals surface area contributed by atoms with E-state index in [2.05, 4.69) is 22.8 Å². The third-order valence-electron chi connectivity index (χ3n) is 3.02. The molecule has 0 bridgehead atoms. The number of aliphatic hydroxyl groups is 1. The molecule has 1 rings (SSSR count). The summed E-state index contributed by atoms with van der Waals surface area (Å²) in [5.74, 6) is 0. The van der Waals surface area contributed by atoms with E-state index in [1.165, 1.54) is 0 Å². The quantitative estimate of drug-likeness (QED) is 0.813. The van der Waals surface area contributed by atoms with Crippen LogP contribution in [0.2, 0.25) is 0 Å². The normalized spacial score (nSPS) is 10.5. The molecular weight excluding hydrogens is 238 g/mol. The highest BCUT2D eigenvalue weighted by atomic mass is 16.3. The molecule has 0 spiro atoms. The van der Waals surface area contributed by atoms with E-state index in [-0.39, 0.29) is 6.61 Å². The Labute approximate surface area is 115 Å². The van der Waals surface area contributed by atoms with Crippen molar-refractivity contribution < 1.29 is 5.11 Å². The van der Waals surface area contributed by atoms with E-state index in [4.69, 9.17) is 5.11 Å². The second-order valence-electron chi connectivity index (χ2n) is 4.91. The van der Waals surface area contributed by atoms with Crippen LogP contribution in [0.25, 0.3) is 0 Å². The highest BCUT2D eigenvalue weighted by Gasteiger charge is 2.11. The van der Waals surface area contributed by atoms with E-state index in [1.54, 1.807) is 6.07 Å². The fourth-order valence-corrected chi connectivity index (χ4v) is 1.99. The van der Waals surface area contributed by atoms with Gasteiger partial charge >= 0.3 is 0 Å². The SMILES string of the molecule is CCCN(CCN(C)C)c1ccc(CO)cc1C#N. The number of benzene rings is 1. The summed E-state index contributed by atoms with van der Waals surface area (Å²) in [5, 5.41) is 18.4. The van der Waals surface area contributed by atoms with Gasteiger partial charge in [0.2, 0.25) is 0 Å². The van der Waals surface area contributed by atoms with Gasteiger partial charge < -0.3 is 14.9 Å². The molecule has 0 fully saturated rings. The summed E-state index contributed by atoms with van der Waals surface area (Å²) in [6.07, 6.45) is 1.04. The molecule has 19 heavy (non-hydrogen) atoms. The molecule has 0 aliphatic carbocycles. The van der Waals surface area contributed by atoms with Crippen LogP contribution in [0.5, 0.6) is 0 Å². The van der Waals surface area contributed by atoms with Gasteiger partial charge in [-0.3, -0.25) is 0 Å². The summed E-state index contributed by atoms with van der Waals surface area (Å²) in [6.45, 7) is 4.89. The van der Waals surface area contributed by atoms with Gasteiger partial charge in [-0.15, -0.1) is 0 Å². The minimum Gasteiger partial charge on any atom is -0.392 e. The molecule has 0 saturated carbocycles. The lowest BCUT2D eigenvalue weighted by Gasteiger charge is -2.27. The number of likely N-dealkylation sites (N-methyl/N-ethyl adjacent to an activating group) is 1. The average Bonchev–Trinajstić information content (AvgIpc) is 2.42. The zero-order valence-corrected chi connectivity index (χ0v) is 12.1. The van der Waals surface area contributed by atoms with E-state index in [1.807, 2.05) is 26.2 Å². The summed E-state index contributed by atoms with van der Waals surface area (Å²) in [7, 11) is 4.09. The number of hydrogen-bond donors (Lipinski definition) is 1. The molecule has 0 saturated heterocycles. The van der Waals surface area contributed by atoms with Crippen molar-refractivity contribution in [2.45, 2.75) is 20.0 Å². The molecular formula is C15H23N3O. The molecule has 4 nitrogen and oxygen atoms in total. The highest BCUT2D eigenvalue weighted by molar-refractivity contribution is 5.60. The van der Waals surface area contributed by atoms with E-state index in [9.17, 15) is 5.26 Å². The van der Waals surface area contributed by atoms with Gasteiger partial charge in [-0.2, -0.15) is 5.26 Å². The third-order valence-corrected chi connectivity index (χ3v) is 3.02. The van der Waals surface area contributed by atoms with Crippen LogP contribution in [0.4, 0.5) is 5.69 Å². The van der Waals surface area contributed by atoms with Gasteiger partial charge in [0.25, 0.3) is 0 Å². The Morgan fingerprint density at radius 2 is 1.95 bits per heavy atom. The number of anilines is 1. The predicted molar refractivity (Wildman–Crippen MR) is 78.1 cm³/mol. The molecule has 0 aliphatic rings. The van der Waals surface area contributed by atoms with Crippen molar-refractivity contribution in [3.8, 4) is 6.07 Å². The molecule has 0 aromatic heterocycles. The third kappa shape index (κ3) is 4.55. The summed E-state index contributed by atoms with van der Waals surface area (Å²) < 4.78 is 0. The second kappa shape index (κ2) is 7.78. The molecule has 0 amide bonds. The van der Waals surface area contributed by atoms with Crippen LogP contribution in [0.3, 0.4) is 0 Å². The van der Waals surface area contributed by atoms with Crippen molar-refractivity contribution in [3.05, 3.63) is 29.3 Å². The standard InChI is InChI=1S/C15H23N3O/c1-4-7-18(9-8-17(2)3)15-6-5-13(12-19)10-14(15)11-16/h5-6,10,19H,4,7-9,12H2,1-3H3. The Kier molecular flexibility index (Phi) is 6.34. The van der Waals surface area contributed by atoms with Crippen LogP contribution in [-0.4, -0.2) is 43.7 Å². The monoisotopic (exact) mass is 261 g/mol. The van der Waals surface area contributed by atoms with E-state index >= 15 is 0 Å². The van der Waals surface area contributed by atoms with Gasteiger partial charge in [0.1, 0.15) is 6.07 Å². The smallest absolute Gasteiger partial charge is 0.101 e. The molecule has 0 atom stereocenters. The Bertz CT molecular complexity index is 438. The Balaban J connectivity index is 2.97. The van der Waals surface area contributed by atoms with Crippen LogP contribution < -0.4 is 4.90 Å². The maximum Gasteiger partial charge on any atom is 0.101 e. The van der Waals surface area contributed by atoms with Crippen LogP contribution in [0, 0.1) is 11.3 Å². The van der Waals surface area contributed by atoms with Gasteiger partial charge in [-0.25, -0.2) is 0 Å². The van der Waals surface area contributed by atoms with E-state index < -0.39 is 0 Å². The van der Waals surface area contributed by atoms with E-state index in [0.29, 0.717) is 5.56 Å². The van der Waals surface area contributed by atoms with Crippen molar-refractivity contribution in [1.29, 1.82) is 5.26 Å². The second-order valence-corrected chi connectivity index (χ2v) is 4.91. The summed E-state index contributed by atoms with van der Waals surface area (Å²) >= 11 is 0. The maximum absolute atomic E-state index is 9.26. The van der Waals surface area contributed by atoms with Gasteiger partial charge in [0.15, 0.2) is 0 Å². The fraction of sp³-hybridized carbons (Fsp3) is 0.533. The zero-order chi connectivity index (χ0) is 14.3. The molecule has 1 aromatic rings. The van der Waals surface area contributed by atoms with Gasteiger partial charge in [-0.1, -0.05) is 13.0 Å². The van der Waals surface area contributed by atoms with Crippen LogP contribution >= 0.6 is 0 Å². The van der Waals surface area contributed by atoms with Crippen LogP contribution in [0.15, 0.2) is 18.2 Å².